The smallest absolute Gasteiger partial charge is 0.326 e. The van der Waals surface area contributed by atoms with Gasteiger partial charge < -0.3 is 15.4 Å². The molecule has 9 nitrogen and oxygen atoms in total. The van der Waals surface area contributed by atoms with Gasteiger partial charge in [-0.3, -0.25) is 9.98 Å². The highest BCUT2D eigenvalue weighted by atomic mass is 19.1. The zero-order valence-corrected chi connectivity index (χ0v) is 16.1. The molecule has 1 aliphatic carbocycles. The predicted octanol–water partition coefficient (Wildman–Crippen LogP) is 0.952. The number of hydrogen-bond acceptors (Lipinski definition) is 6. The third kappa shape index (κ3) is 3.89. The van der Waals surface area contributed by atoms with Crippen molar-refractivity contribution in [3.05, 3.63) is 74.5 Å². The zero-order valence-electron chi connectivity index (χ0n) is 16.1. The Balaban J connectivity index is 1.58. The maximum atomic E-state index is 14.0. The summed E-state index contributed by atoms with van der Waals surface area (Å²) in [6, 6.07) is 5.32. The second-order valence-electron chi connectivity index (χ2n) is 7.27. The molecule has 0 unspecified atom stereocenters. The van der Waals surface area contributed by atoms with E-state index in [0.717, 1.165) is 18.9 Å². The monoisotopic (exact) mass is 425 g/mol. The van der Waals surface area contributed by atoms with Crippen LogP contribution in [0.4, 0.5) is 14.6 Å². The number of halogens is 2. The summed E-state index contributed by atoms with van der Waals surface area (Å²) in [6.45, 7) is 0.0945. The maximum Gasteiger partial charge on any atom is 0.326 e. The molecule has 0 radical (unpaired) electrons. The van der Waals surface area contributed by atoms with E-state index in [1.165, 1.54) is 18.2 Å². The molecule has 3 aromatic heterocycles. The number of imidazole rings is 1. The third-order valence-electron chi connectivity index (χ3n) is 4.85. The van der Waals surface area contributed by atoms with E-state index < -0.39 is 17.3 Å². The Kier molecular flexibility index (Phi) is 4.50. The molecule has 31 heavy (non-hydrogen) atoms. The Bertz CT molecular complexity index is 1470. The van der Waals surface area contributed by atoms with Crippen LogP contribution in [0.2, 0.25) is 0 Å². The van der Waals surface area contributed by atoms with Gasteiger partial charge in [-0.05, 0) is 25.0 Å². The minimum atomic E-state index is -0.651. The van der Waals surface area contributed by atoms with E-state index in [1.807, 2.05) is 0 Å². The number of H-pyrrole nitrogens is 2. The summed E-state index contributed by atoms with van der Waals surface area (Å²) in [5, 5.41) is 17.7. The number of aromatic nitrogens is 5. The molecular formula is C20H17F2N7O2. The molecule has 4 aromatic rings. The van der Waals surface area contributed by atoms with Crippen molar-refractivity contribution >= 4 is 17.5 Å². The molecule has 3 heterocycles. The van der Waals surface area contributed by atoms with Gasteiger partial charge in [-0.1, -0.05) is 6.07 Å². The average molecular weight is 425 g/mol. The highest BCUT2D eigenvalue weighted by Gasteiger charge is 2.20. The number of rotatable bonds is 5. The van der Waals surface area contributed by atoms with Gasteiger partial charge in [0.1, 0.15) is 23.1 Å². The van der Waals surface area contributed by atoms with Gasteiger partial charge in [0.2, 0.25) is 5.88 Å². The Hall–Kier alpha value is -4.02. The minimum absolute atomic E-state index is 0.0945. The number of aromatic hydroxyl groups is 1. The van der Waals surface area contributed by atoms with Gasteiger partial charge in [0, 0.05) is 29.5 Å². The first-order valence-electron chi connectivity index (χ1n) is 9.60. The lowest BCUT2D eigenvalue weighted by atomic mass is 10.2. The number of nitrogens with one attached hydrogen (secondary N) is 3. The lowest BCUT2D eigenvalue weighted by molar-refractivity contribution is 0.454. The second-order valence-corrected chi connectivity index (χ2v) is 7.27. The number of nitrogens with zero attached hydrogens (tertiary/aromatic N) is 4. The van der Waals surface area contributed by atoms with Crippen LogP contribution in [-0.2, 0) is 6.54 Å². The fourth-order valence-electron chi connectivity index (χ4n) is 3.14. The van der Waals surface area contributed by atoms with E-state index in [4.69, 9.17) is 0 Å². The van der Waals surface area contributed by atoms with Crippen LogP contribution in [0.5, 0.6) is 5.88 Å². The summed E-state index contributed by atoms with van der Waals surface area (Å²) in [6.07, 6.45) is 5.06. The topological polar surface area (TPSA) is 123 Å². The number of fused-ring (bicyclic) bond motifs is 1. The molecule has 5 rings (SSSR count). The highest BCUT2D eigenvalue weighted by molar-refractivity contribution is 5.57. The summed E-state index contributed by atoms with van der Waals surface area (Å²) in [5.74, 6) is -1.16. The van der Waals surface area contributed by atoms with Crippen molar-refractivity contribution in [3.8, 4) is 5.88 Å². The molecule has 0 bridgehead atoms. The first-order valence-corrected chi connectivity index (χ1v) is 9.60. The lowest BCUT2D eigenvalue weighted by Crippen LogP contribution is -2.20. The van der Waals surface area contributed by atoms with Crippen LogP contribution < -0.4 is 21.7 Å². The molecule has 1 aromatic carbocycles. The molecule has 1 saturated carbocycles. The van der Waals surface area contributed by atoms with Crippen LogP contribution in [0.15, 0.2) is 40.2 Å². The maximum absolute atomic E-state index is 14.0. The van der Waals surface area contributed by atoms with Crippen molar-refractivity contribution < 1.29 is 13.9 Å². The van der Waals surface area contributed by atoms with Crippen molar-refractivity contribution in [2.24, 2.45) is 4.99 Å². The van der Waals surface area contributed by atoms with Crippen LogP contribution in [0.25, 0.3) is 11.7 Å². The Morgan fingerprint density at radius 2 is 2.13 bits per heavy atom. The molecule has 158 valence electrons. The van der Waals surface area contributed by atoms with Gasteiger partial charge in [0.25, 0.3) is 0 Å². The van der Waals surface area contributed by atoms with Crippen molar-refractivity contribution in [1.29, 1.82) is 0 Å². The lowest BCUT2D eigenvalue weighted by Gasteiger charge is -2.07. The average Bonchev–Trinajstić information content (AvgIpc) is 3.36. The molecule has 1 fully saturated rings. The number of hydrogen-bond donors (Lipinski definition) is 4. The first kappa shape index (κ1) is 19.0. The SMILES string of the molecule is O=c1[nH]c(O)c(/C=c2\cnn3c(=NC4CC4)cc(NCc4ccc(F)cc4F)nc23)[nH]1. The number of aromatic amines is 2. The molecule has 0 spiro atoms. The van der Waals surface area contributed by atoms with E-state index in [1.54, 1.807) is 16.8 Å². The molecule has 4 N–H and O–H groups in total. The van der Waals surface area contributed by atoms with E-state index >= 15 is 0 Å². The van der Waals surface area contributed by atoms with E-state index in [-0.39, 0.29) is 24.2 Å². The van der Waals surface area contributed by atoms with Gasteiger partial charge in [-0.25, -0.2) is 18.6 Å². The highest BCUT2D eigenvalue weighted by Crippen LogP contribution is 2.22. The van der Waals surface area contributed by atoms with Gasteiger partial charge in [0.15, 0.2) is 11.1 Å². The van der Waals surface area contributed by atoms with Crippen LogP contribution >= 0.6 is 0 Å². The summed E-state index contributed by atoms with van der Waals surface area (Å²) in [5.41, 5.74) is 0.945. The summed E-state index contributed by atoms with van der Waals surface area (Å²) < 4.78 is 28.7. The summed E-state index contributed by atoms with van der Waals surface area (Å²) >= 11 is 0. The van der Waals surface area contributed by atoms with Crippen LogP contribution in [-0.4, -0.2) is 35.7 Å². The van der Waals surface area contributed by atoms with Crippen molar-refractivity contribution in [2.75, 3.05) is 5.32 Å². The molecule has 0 atom stereocenters. The predicted molar refractivity (Wildman–Crippen MR) is 107 cm³/mol. The Morgan fingerprint density at radius 3 is 2.84 bits per heavy atom. The van der Waals surface area contributed by atoms with Gasteiger partial charge >= 0.3 is 5.69 Å². The Morgan fingerprint density at radius 1 is 1.29 bits per heavy atom. The fourth-order valence-corrected chi connectivity index (χ4v) is 3.14. The molecule has 0 saturated heterocycles. The second kappa shape index (κ2) is 7.35. The van der Waals surface area contributed by atoms with E-state index in [9.17, 15) is 18.7 Å². The quantitative estimate of drug-likeness (QED) is 0.379. The zero-order chi connectivity index (χ0) is 21.5. The molecule has 0 aliphatic heterocycles. The molecule has 11 heteroatoms. The molecular weight excluding hydrogens is 408 g/mol. The van der Waals surface area contributed by atoms with Crippen molar-refractivity contribution in [1.82, 2.24) is 24.6 Å². The molecule has 0 amide bonds. The van der Waals surface area contributed by atoms with Gasteiger partial charge in [-0.15, -0.1) is 0 Å². The van der Waals surface area contributed by atoms with Crippen LogP contribution in [0.3, 0.4) is 0 Å². The summed E-state index contributed by atoms with van der Waals surface area (Å²) in [4.78, 5) is 25.3. The number of anilines is 1. The minimum Gasteiger partial charge on any atom is -0.493 e. The van der Waals surface area contributed by atoms with Gasteiger partial charge in [0.05, 0.1) is 12.2 Å². The normalized spacial score (nSPS) is 15.2. The van der Waals surface area contributed by atoms with E-state index in [2.05, 4.69) is 30.4 Å². The van der Waals surface area contributed by atoms with Crippen molar-refractivity contribution in [2.45, 2.75) is 25.4 Å². The Labute approximate surface area is 172 Å². The van der Waals surface area contributed by atoms with Crippen LogP contribution in [0, 0.1) is 11.6 Å². The van der Waals surface area contributed by atoms with Gasteiger partial charge in [-0.2, -0.15) is 9.61 Å². The first-order chi connectivity index (χ1) is 15.0. The number of benzene rings is 1. The fraction of sp³-hybridized carbons (Fsp3) is 0.200. The largest absolute Gasteiger partial charge is 0.493 e. The third-order valence-corrected chi connectivity index (χ3v) is 4.85. The van der Waals surface area contributed by atoms with Crippen molar-refractivity contribution in [3.63, 3.8) is 0 Å². The van der Waals surface area contributed by atoms with E-state index in [0.29, 0.717) is 27.7 Å². The molecule has 1 aliphatic rings. The van der Waals surface area contributed by atoms with Crippen LogP contribution in [0.1, 0.15) is 24.1 Å². The standard InChI is InChI=1S/C20H17F2N7O2/c21-12-2-1-10(14(22)6-12)8-23-16-7-17(25-13-3-4-13)29-18(27-16)11(9-24-29)5-15-19(30)28-20(31)26-15/h1-2,5-7,9,13,23,30H,3-4,8H2,(H2,26,28,31)/b11-5+,25-17?. The summed E-state index contributed by atoms with van der Waals surface area (Å²) in [7, 11) is 0.